The fourth-order valence-corrected chi connectivity index (χ4v) is 2.90. The summed E-state index contributed by atoms with van der Waals surface area (Å²) >= 11 is 0. The molecule has 1 aromatic heterocycles. The third-order valence-electron chi connectivity index (χ3n) is 4.55. The summed E-state index contributed by atoms with van der Waals surface area (Å²) in [6.45, 7) is 2.54. The molecular formula is C19H26N4O2. The average Bonchev–Trinajstić information content (AvgIpc) is 3.39. The third-order valence-corrected chi connectivity index (χ3v) is 4.55. The molecule has 1 amide bonds. The van der Waals surface area contributed by atoms with E-state index in [1.54, 1.807) is 12.0 Å². The Hall–Kier alpha value is -2.50. The number of rotatable bonds is 8. The van der Waals surface area contributed by atoms with Gasteiger partial charge in [-0.25, -0.2) is 0 Å². The number of carbonyl (C=O) groups excluding carboxylic acids is 1. The van der Waals surface area contributed by atoms with Crippen LogP contribution in [0.2, 0.25) is 0 Å². The maximum absolute atomic E-state index is 12.8. The molecular weight excluding hydrogens is 316 g/mol. The van der Waals surface area contributed by atoms with Crippen molar-refractivity contribution in [1.82, 2.24) is 15.1 Å². The highest BCUT2D eigenvalue weighted by molar-refractivity contribution is 5.84. The Morgan fingerprint density at radius 3 is 2.92 bits per heavy atom. The molecule has 1 heterocycles. The summed E-state index contributed by atoms with van der Waals surface area (Å²) in [5.41, 5.74) is 2.98. The topological polar surface area (TPSA) is 70.2 Å². The van der Waals surface area contributed by atoms with Gasteiger partial charge in [0.05, 0.1) is 25.0 Å². The summed E-state index contributed by atoms with van der Waals surface area (Å²) in [5.74, 6) is 1.45. The van der Waals surface area contributed by atoms with E-state index in [2.05, 4.69) is 21.6 Å². The first-order valence-electron chi connectivity index (χ1n) is 8.80. The van der Waals surface area contributed by atoms with E-state index in [1.165, 1.54) is 12.8 Å². The van der Waals surface area contributed by atoms with E-state index in [9.17, 15) is 4.79 Å². The van der Waals surface area contributed by atoms with Crippen LogP contribution in [0.3, 0.4) is 0 Å². The van der Waals surface area contributed by atoms with Crippen LogP contribution < -0.4 is 10.1 Å². The van der Waals surface area contributed by atoms with Crippen molar-refractivity contribution in [2.75, 3.05) is 19.5 Å². The van der Waals surface area contributed by atoms with Gasteiger partial charge in [-0.1, -0.05) is 13.0 Å². The van der Waals surface area contributed by atoms with E-state index >= 15 is 0 Å². The minimum absolute atomic E-state index is 0.0629. The van der Waals surface area contributed by atoms with Crippen LogP contribution >= 0.6 is 0 Å². The van der Waals surface area contributed by atoms with Crippen molar-refractivity contribution in [2.24, 2.45) is 0 Å². The number of hydrogen-bond donors (Lipinski definition) is 2. The summed E-state index contributed by atoms with van der Waals surface area (Å²) in [5, 5.41) is 10.7. The summed E-state index contributed by atoms with van der Waals surface area (Å²) < 4.78 is 5.24. The number of hydrogen-bond acceptors (Lipinski definition) is 4. The van der Waals surface area contributed by atoms with Gasteiger partial charge in [0.25, 0.3) is 0 Å². The molecule has 1 saturated carbocycles. The van der Waals surface area contributed by atoms with Crippen LogP contribution in [0.25, 0.3) is 0 Å². The smallest absolute Gasteiger partial charge is 0.245 e. The Kier molecular flexibility index (Phi) is 5.26. The van der Waals surface area contributed by atoms with Crippen molar-refractivity contribution >= 4 is 11.6 Å². The number of aromatic nitrogens is 2. The van der Waals surface area contributed by atoms with Crippen molar-refractivity contribution in [3.63, 3.8) is 0 Å². The van der Waals surface area contributed by atoms with E-state index in [0.717, 1.165) is 22.8 Å². The molecule has 0 radical (unpaired) electrons. The molecule has 0 unspecified atom stereocenters. The molecule has 6 nitrogen and oxygen atoms in total. The molecule has 0 aliphatic heterocycles. The first kappa shape index (κ1) is 17.3. The zero-order valence-corrected chi connectivity index (χ0v) is 15.1. The molecule has 3 rings (SSSR count). The van der Waals surface area contributed by atoms with Gasteiger partial charge < -0.3 is 15.0 Å². The Balaban J connectivity index is 1.61. The van der Waals surface area contributed by atoms with Gasteiger partial charge in [-0.15, -0.1) is 0 Å². The molecule has 134 valence electrons. The molecule has 1 atom stereocenters. The highest BCUT2D eigenvalue weighted by Gasteiger charge is 2.27. The van der Waals surface area contributed by atoms with Crippen molar-refractivity contribution in [3.8, 4) is 5.75 Å². The Bertz CT molecular complexity index is 724. The normalized spacial score (nSPS) is 14.8. The van der Waals surface area contributed by atoms with Gasteiger partial charge in [0.1, 0.15) is 11.8 Å². The highest BCUT2D eigenvalue weighted by atomic mass is 16.5. The molecule has 6 heteroatoms. The van der Waals surface area contributed by atoms with Gasteiger partial charge in [0.15, 0.2) is 0 Å². The van der Waals surface area contributed by atoms with Crippen LogP contribution in [-0.4, -0.2) is 41.2 Å². The van der Waals surface area contributed by atoms with Gasteiger partial charge in [-0.3, -0.25) is 9.89 Å². The number of anilines is 1. The van der Waals surface area contributed by atoms with Crippen molar-refractivity contribution in [2.45, 2.75) is 44.7 Å². The number of carbonyl (C=O) groups is 1. The van der Waals surface area contributed by atoms with Crippen molar-refractivity contribution < 1.29 is 9.53 Å². The lowest BCUT2D eigenvalue weighted by atomic mass is 10.1. The molecule has 0 spiro atoms. The van der Waals surface area contributed by atoms with Crippen molar-refractivity contribution in [3.05, 3.63) is 41.7 Å². The Labute approximate surface area is 148 Å². The van der Waals surface area contributed by atoms with E-state index in [0.29, 0.717) is 18.9 Å². The number of nitrogens with zero attached hydrogens (tertiary/aromatic N) is 2. The third kappa shape index (κ3) is 4.32. The molecule has 2 aromatic rings. The molecule has 1 aliphatic carbocycles. The van der Waals surface area contributed by atoms with E-state index in [4.69, 9.17) is 4.74 Å². The quantitative estimate of drug-likeness (QED) is 0.773. The van der Waals surface area contributed by atoms with Crippen LogP contribution in [0.5, 0.6) is 5.75 Å². The van der Waals surface area contributed by atoms with Gasteiger partial charge in [0.2, 0.25) is 5.91 Å². The summed E-state index contributed by atoms with van der Waals surface area (Å²) in [4.78, 5) is 14.5. The van der Waals surface area contributed by atoms with E-state index in [1.807, 2.05) is 38.2 Å². The number of amides is 1. The second-order valence-electron chi connectivity index (χ2n) is 6.62. The van der Waals surface area contributed by atoms with Crippen LogP contribution in [-0.2, 0) is 11.3 Å². The molecule has 2 N–H and O–H groups in total. The Morgan fingerprint density at radius 1 is 1.44 bits per heavy atom. The molecule has 1 fully saturated rings. The van der Waals surface area contributed by atoms with Crippen molar-refractivity contribution in [1.29, 1.82) is 0 Å². The lowest BCUT2D eigenvalue weighted by Gasteiger charge is -2.24. The summed E-state index contributed by atoms with van der Waals surface area (Å²) in [7, 11) is 3.46. The van der Waals surface area contributed by atoms with Gasteiger partial charge in [0, 0.05) is 24.7 Å². The second-order valence-corrected chi connectivity index (χ2v) is 6.62. The largest absolute Gasteiger partial charge is 0.497 e. The maximum Gasteiger partial charge on any atom is 0.245 e. The molecule has 1 aliphatic rings. The summed E-state index contributed by atoms with van der Waals surface area (Å²) in [6, 6.07) is 9.44. The zero-order chi connectivity index (χ0) is 17.8. The molecule has 0 bridgehead atoms. The predicted molar refractivity (Wildman–Crippen MR) is 97.7 cm³/mol. The fourth-order valence-electron chi connectivity index (χ4n) is 2.90. The molecule has 1 aromatic carbocycles. The van der Waals surface area contributed by atoms with Crippen LogP contribution in [0.1, 0.15) is 43.5 Å². The van der Waals surface area contributed by atoms with Gasteiger partial charge in [-0.05, 0) is 37.5 Å². The SMILES string of the molecule is CC[C@@H](Nc1cccc(OC)c1)C(=O)N(C)Cc1cc(C2CC2)n[nH]1. The van der Waals surface area contributed by atoms with Gasteiger partial charge >= 0.3 is 0 Å². The minimum Gasteiger partial charge on any atom is -0.497 e. The lowest BCUT2D eigenvalue weighted by molar-refractivity contribution is -0.131. The van der Waals surface area contributed by atoms with E-state index < -0.39 is 0 Å². The monoisotopic (exact) mass is 342 g/mol. The number of ether oxygens (including phenoxy) is 1. The van der Waals surface area contributed by atoms with E-state index in [-0.39, 0.29) is 11.9 Å². The average molecular weight is 342 g/mol. The lowest BCUT2D eigenvalue weighted by Crippen LogP contribution is -2.40. The molecule has 25 heavy (non-hydrogen) atoms. The Morgan fingerprint density at radius 2 is 2.24 bits per heavy atom. The number of H-pyrrole nitrogens is 1. The number of benzene rings is 1. The second kappa shape index (κ2) is 7.59. The number of aromatic amines is 1. The van der Waals surface area contributed by atoms with Crippen LogP contribution in [0, 0.1) is 0 Å². The van der Waals surface area contributed by atoms with Gasteiger partial charge in [-0.2, -0.15) is 5.10 Å². The predicted octanol–water partition coefficient (Wildman–Crippen LogP) is 3.14. The summed E-state index contributed by atoms with van der Waals surface area (Å²) in [6.07, 6.45) is 3.15. The number of nitrogens with one attached hydrogen (secondary N) is 2. The minimum atomic E-state index is -0.275. The fraction of sp³-hybridized carbons (Fsp3) is 0.474. The van der Waals surface area contributed by atoms with Crippen LogP contribution in [0.4, 0.5) is 5.69 Å². The molecule has 0 saturated heterocycles. The first-order chi connectivity index (χ1) is 12.1. The zero-order valence-electron chi connectivity index (χ0n) is 15.1. The highest BCUT2D eigenvalue weighted by Crippen LogP contribution is 2.39. The van der Waals surface area contributed by atoms with Crippen LogP contribution in [0.15, 0.2) is 30.3 Å². The maximum atomic E-state index is 12.8. The standard InChI is InChI=1S/C19H26N4O2/c1-4-17(20-14-6-5-7-16(10-14)25-3)19(24)23(2)12-15-11-18(22-21-15)13-8-9-13/h5-7,10-11,13,17,20H,4,8-9,12H2,1-3H3,(H,21,22)/t17-/m1/s1. The number of likely N-dealkylation sites (N-methyl/N-ethyl adjacent to an activating group) is 1. The number of methoxy groups -OCH3 is 1. The first-order valence-corrected chi connectivity index (χ1v) is 8.80.